The van der Waals surface area contributed by atoms with Crippen LogP contribution in [0.1, 0.15) is 56.6 Å². The summed E-state index contributed by atoms with van der Waals surface area (Å²) < 4.78 is 0. The summed E-state index contributed by atoms with van der Waals surface area (Å²) in [4.78, 5) is 42.5. The highest BCUT2D eigenvalue weighted by molar-refractivity contribution is 5.90. The van der Waals surface area contributed by atoms with Gasteiger partial charge in [0.1, 0.15) is 6.04 Å². The van der Waals surface area contributed by atoms with E-state index >= 15 is 0 Å². The molecule has 0 saturated carbocycles. The third kappa shape index (κ3) is 8.17. The number of carbonyl (C=O) groups excluding carboxylic acids is 3. The number of hydrogen-bond acceptors (Lipinski definition) is 3. The fraction of sp³-hybridized carbons (Fsp3) is 0.441. The van der Waals surface area contributed by atoms with Crippen molar-refractivity contribution in [3.8, 4) is 0 Å². The van der Waals surface area contributed by atoms with Crippen LogP contribution in [0.2, 0.25) is 0 Å². The van der Waals surface area contributed by atoms with E-state index in [1.807, 2.05) is 60.4 Å². The van der Waals surface area contributed by atoms with Crippen molar-refractivity contribution in [2.75, 3.05) is 26.2 Å². The molecule has 0 unspecified atom stereocenters. The number of amides is 3. The molecule has 3 amide bonds. The first-order valence-electron chi connectivity index (χ1n) is 15.1. The molecule has 5 N–H and O–H groups in total. The van der Waals surface area contributed by atoms with Crippen LogP contribution < -0.4 is 16.4 Å². The van der Waals surface area contributed by atoms with Gasteiger partial charge in [0.25, 0.3) is 0 Å². The molecule has 0 bridgehead atoms. The second kappa shape index (κ2) is 14.8. The molecule has 0 spiro atoms. The summed E-state index contributed by atoms with van der Waals surface area (Å²) in [6, 6.07) is 23.7. The summed E-state index contributed by atoms with van der Waals surface area (Å²) in [6.45, 7) is 4.22. The van der Waals surface area contributed by atoms with Crippen LogP contribution in [0, 0.1) is 5.41 Å². The molecule has 0 aliphatic carbocycles. The zero-order valence-corrected chi connectivity index (χ0v) is 24.4. The lowest BCUT2D eigenvalue weighted by Crippen LogP contribution is -2.58. The monoisotopic (exact) mass is 557 g/mol. The lowest BCUT2D eigenvalue weighted by atomic mass is 9.74. The highest BCUT2D eigenvalue weighted by Gasteiger charge is 2.44. The summed E-state index contributed by atoms with van der Waals surface area (Å²) >= 11 is 0. The SMILES string of the molecule is CCNC(=O)[C@]1(Cc2ccccc2)CCCN(C(=O)[C@@H](Cc2ccc3ccccc3c2)NC(=O)CCCCC[NH3+])C1. The zero-order chi connectivity index (χ0) is 29.1. The fourth-order valence-electron chi connectivity index (χ4n) is 5.99. The van der Waals surface area contributed by atoms with Crippen LogP contribution in [-0.2, 0) is 27.2 Å². The molecule has 7 heteroatoms. The molecule has 2 atom stereocenters. The molecule has 0 radical (unpaired) electrons. The van der Waals surface area contributed by atoms with E-state index in [0.717, 1.165) is 54.1 Å². The molecule has 1 heterocycles. The highest BCUT2D eigenvalue weighted by Crippen LogP contribution is 2.35. The van der Waals surface area contributed by atoms with Crippen molar-refractivity contribution in [3.63, 3.8) is 0 Å². The molecule has 1 saturated heterocycles. The zero-order valence-electron chi connectivity index (χ0n) is 24.4. The summed E-state index contributed by atoms with van der Waals surface area (Å²) in [6.07, 6.45) is 5.51. The van der Waals surface area contributed by atoms with Crippen molar-refractivity contribution in [2.24, 2.45) is 5.41 Å². The smallest absolute Gasteiger partial charge is 0.245 e. The van der Waals surface area contributed by atoms with Gasteiger partial charge >= 0.3 is 0 Å². The Morgan fingerprint density at radius 1 is 0.927 bits per heavy atom. The third-order valence-electron chi connectivity index (χ3n) is 8.13. The molecule has 3 aromatic rings. The predicted molar refractivity (Wildman–Crippen MR) is 163 cm³/mol. The number of likely N-dealkylation sites (tertiary alicyclic amines) is 1. The minimum Gasteiger partial charge on any atom is -0.358 e. The summed E-state index contributed by atoms with van der Waals surface area (Å²) in [7, 11) is 0. The van der Waals surface area contributed by atoms with Crippen LogP contribution in [0.4, 0.5) is 0 Å². The van der Waals surface area contributed by atoms with Crippen LogP contribution in [-0.4, -0.2) is 54.8 Å². The first-order chi connectivity index (χ1) is 19.9. The van der Waals surface area contributed by atoms with Crippen LogP contribution in [0.5, 0.6) is 0 Å². The third-order valence-corrected chi connectivity index (χ3v) is 8.13. The number of nitrogens with one attached hydrogen (secondary N) is 2. The van der Waals surface area contributed by atoms with E-state index in [2.05, 4.69) is 40.6 Å². The Hall–Kier alpha value is -3.71. The highest BCUT2D eigenvalue weighted by atomic mass is 16.2. The summed E-state index contributed by atoms with van der Waals surface area (Å²) in [5, 5.41) is 8.35. The van der Waals surface area contributed by atoms with Crippen LogP contribution in [0.3, 0.4) is 0 Å². The van der Waals surface area contributed by atoms with Gasteiger partial charge in [-0.15, -0.1) is 0 Å². The molecule has 1 aliphatic heterocycles. The minimum atomic E-state index is -0.711. The van der Waals surface area contributed by atoms with Crippen LogP contribution in [0.15, 0.2) is 72.8 Å². The maximum absolute atomic E-state index is 14.2. The largest absolute Gasteiger partial charge is 0.358 e. The normalized spacial score (nSPS) is 17.7. The first kappa shape index (κ1) is 30.3. The van der Waals surface area contributed by atoms with Crippen molar-refractivity contribution in [1.82, 2.24) is 15.5 Å². The Bertz CT molecular complexity index is 1310. The van der Waals surface area contributed by atoms with Gasteiger partial charge in [-0.05, 0) is 67.3 Å². The van der Waals surface area contributed by atoms with E-state index in [9.17, 15) is 14.4 Å². The molecule has 41 heavy (non-hydrogen) atoms. The number of rotatable bonds is 13. The maximum Gasteiger partial charge on any atom is 0.245 e. The Kier molecular flexibility index (Phi) is 10.9. The summed E-state index contributed by atoms with van der Waals surface area (Å²) in [5.74, 6) is -0.239. The molecular weight excluding hydrogens is 512 g/mol. The van der Waals surface area contributed by atoms with Gasteiger partial charge < -0.3 is 21.3 Å². The first-order valence-corrected chi connectivity index (χ1v) is 15.1. The number of fused-ring (bicyclic) bond motifs is 1. The molecule has 1 aliphatic rings. The van der Waals surface area contributed by atoms with Gasteiger partial charge in [0.05, 0.1) is 12.0 Å². The van der Waals surface area contributed by atoms with E-state index in [0.29, 0.717) is 45.3 Å². The van der Waals surface area contributed by atoms with Gasteiger partial charge in [0.2, 0.25) is 17.7 Å². The molecule has 4 rings (SSSR count). The number of benzene rings is 3. The average molecular weight is 558 g/mol. The lowest BCUT2D eigenvalue weighted by Gasteiger charge is -2.43. The Balaban J connectivity index is 1.57. The molecule has 218 valence electrons. The van der Waals surface area contributed by atoms with E-state index < -0.39 is 11.5 Å². The standard InChI is InChI=1S/C34H44N4O3/c1-2-36-33(41)34(24-26-12-5-3-6-13-26)19-11-21-38(25-34)32(40)30(37-31(39)16-7-4-10-20-35)23-27-17-18-28-14-8-9-15-29(28)22-27/h3,5-6,8-9,12-15,17-18,22,30H,2,4,7,10-11,16,19-21,23-25,35H2,1H3,(H,36,41)(H,37,39)/p+1/t30-,34+/m1/s1. The summed E-state index contributed by atoms with van der Waals surface area (Å²) in [5.41, 5.74) is 5.24. The van der Waals surface area contributed by atoms with Crippen LogP contribution in [0.25, 0.3) is 10.8 Å². The number of piperidine rings is 1. The van der Waals surface area contributed by atoms with E-state index in [-0.39, 0.29) is 17.7 Å². The van der Waals surface area contributed by atoms with Gasteiger partial charge in [0, 0.05) is 32.5 Å². The van der Waals surface area contributed by atoms with E-state index in [1.54, 1.807) is 0 Å². The molecule has 1 fully saturated rings. The van der Waals surface area contributed by atoms with Crippen molar-refractivity contribution >= 4 is 28.5 Å². The Morgan fingerprint density at radius 2 is 1.68 bits per heavy atom. The van der Waals surface area contributed by atoms with Gasteiger partial charge in [-0.1, -0.05) is 72.8 Å². The number of hydrogen-bond donors (Lipinski definition) is 3. The van der Waals surface area contributed by atoms with Crippen molar-refractivity contribution in [1.29, 1.82) is 0 Å². The van der Waals surface area contributed by atoms with Crippen molar-refractivity contribution in [2.45, 2.75) is 64.3 Å². The van der Waals surface area contributed by atoms with E-state index in [1.165, 1.54) is 0 Å². The second-order valence-electron chi connectivity index (χ2n) is 11.3. The topological polar surface area (TPSA) is 106 Å². The van der Waals surface area contributed by atoms with E-state index in [4.69, 9.17) is 0 Å². The number of carbonyl (C=O) groups is 3. The lowest BCUT2D eigenvalue weighted by molar-refractivity contribution is -0.368. The van der Waals surface area contributed by atoms with Gasteiger partial charge in [-0.3, -0.25) is 14.4 Å². The maximum atomic E-state index is 14.2. The molecular formula is C34H45N4O3+. The van der Waals surface area contributed by atoms with Crippen molar-refractivity contribution in [3.05, 3.63) is 83.9 Å². The van der Waals surface area contributed by atoms with Gasteiger partial charge in [0.15, 0.2) is 0 Å². The van der Waals surface area contributed by atoms with Crippen LogP contribution >= 0.6 is 0 Å². The average Bonchev–Trinajstić information content (AvgIpc) is 2.99. The number of quaternary nitrogens is 1. The Labute approximate surface area is 243 Å². The fourth-order valence-corrected chi connectivity index (χ4v) is 5.99. The van der Waals surface area contributed by atoms with Gasteiger partial charge in [-0.2, -0.15) is 0 Å². The Morgan fingerprint density at radius 3 is 2.44 bits per heavy atom. The number of unbranched alkanes of at least 4 members (excludes halogenated alkanes) is 2. The minimum absolute atomic E-state index is 0.0121. The molecule has 7 nitrogen and oxygen atoms in total. The van der Waals surface area contributed by atoms with Crippen molar-refractivity contribution < 1.29 is 20.1 Å². The molecule has 3 aromatic carbocycles. The van der Waals surface area contributed by atoms with Gasteiger partial charge in [-0.25, -0.2) is 0 Å². The number of nitrogens with zero attached hydrogens (tertiary/aromatic N) is 1. The quantitative estimate of drug-likeness (QED) is 0.279. The predicted octanol–water partition coefficient (Wildman–Crippen LogP) is 3.66. The second-order valence-corrected chi connectivity index (χ2v) is 11.3. The molecule has 0 aromatic heterocycles.